The van der Waals surface area contributed by atoms with E-state index in [1.54, 1.807) is 11.0 Å². The Kier molecular flexibility index (Phi) is 10.6. The van der Waals surface area contributed by atoms with Crippen LogP contribution >= 0.6 is 51.7 Å². The first-order valence-corrected chi connectivity index (χ1v) is 9.91. The number of rotatable bonds is 7. The lowest BCUT2D eigenvalue weighted by Gasteiger charge is -2.22. The van der Waals surface area contributed by atoms with E-state index >= 15 is 0 Å². The number of aromatic nitrogens is 3. The number of hydrogen-bond donors (Lipinski definition) is 1. The maximum absolute atomic E-state index is 4.78. The standard InChI is InChI=1S/C17H25BrN6S.HI/c1-5-19-17(23(3)11-16-21-12-22-24(16)4)20-10-13(2)25-15-8-6-14(18)7-9-15;/h6-9,12-13H,5,10-11H2,1-4H3,(H,19,20);1H. The fourth-order valence-electron chi connectivity index (χ4n) is 2.22. The largest absolute Gasteiger partial charge is 0.357 e. The number of halogens is 2. The molecule has 0 aliphatic rings. The van der Waals surface area contributed by atoms with Crippen LogP contribution in [-0.4, -0.2) is 51.0 Å². The summed E-state index contributed by atoms with van der Waals surface area (Å²) in [6.45, 7) is 6.51. The molecule has 2 aromatic rings. The first-order valence-electron chi connectivity index (χ1n) is 8.24. The Hall–Kier alpha value is -0.810. The van der Waals surface area contributed by atoms with E-state index in [-0.39, 0.29) is 24.0 Å². The molecule has 0 aliphatic heterocycles. The fraction of sp³-hybridized carbons (Fsp3) is 0.471. The molecular weight excluding hydrogens is 527 g/mol. The van der Waals surface area contributed by atoms with Crippen LogP contribution < -0.4 is 5.32 Å². The van der Waals surface area contributed by atoms with E-state index in [1.807, 2.05) is 25.9 Å². The second kappa shape index (κ2) is 11.8. The van der Waals surface area contributed by atoms with Gasteiger partial charge in [0, 0.05) is 35.3 Å². The van der Waals surface area contributed by atoms with Crippen LogP contribution in [0.4, 0.5) is 0 Å². The lowest BCUT2D eigenvalue weighted by Crippen LogP contribution is -2.39. The van der Waals surface area contributed by atoms with Crippen molar-refractivity contribution >= 4 is 57.6 Å². The minimum absolute atomic E-state index is 0. The Morgan fingerprint density at radius 3 is 2.65 bits per heavy atom. The zero-order valence-electron chi connectivity index (χ0n) is 15.5. The van der Waals surface area contributed by atoms with Crippen molar-refractivity contribution in [2.45, 2.75) is 30.5 Å². The Balaban J connectivity index is 0.00000338. The summed E-state index contributed by atoms with van der Waals surface area (Å²) in [6, 6.07) is 8.38. The monoisotopic (exact) mass is 552 g/mol. The maximum atomic E-state index is 4.78. The third-order valence-corrected chi connectivity index (χ3v) is 5.15. The zero-order valence-corrected chi connectivity index (χ0v) is 20.2. The average molecular weight is 553 g/mol. The topological polar surface area (TPSA) is 58.3 Å². The van der Waals surface area contributed by atoms with Crippen molar-refractivity contribution in [1.29, 1.82) is 0 Å². The van der Waals surface area contributed by atoms with E-state index in [1.165, 1.54) is 4.90 Å². The van der Waals surface area contributed by atoms with E-state index in [0.29, 0.717) is 11.8 Å². The Labute approximate surface area is 185 Å². The Morgan fingerprint density at radius 1 is 1.38 bits per heavy atom. The summed E-state index contributed by atoms with van der Waals surface area (Å²) in [4.78, 5) is 12.4. The molecule has 2 rings (SSSR count). The molecule has 0 fully saturated rings. The number of aryl methyl sites for hydroxylation is 1. The number of thioether (sulfide) groups is 1. The van der Waals surface area contributed by atoms with E-state index in [2.05, 4.69) is 74.3 Å². The van der Waals surface area contributed by atoms with Gasteiger partial charge >= 0.3 is 0 Å². The van der Waals surface area contributed by atoms with Crippen molar-refractivity contribution in [2.75, 3.05) is 20.1 Å². The van der Waals surface area contributed by atoms with Crippen LogP contribution in [0.25, 0.3) is 0 Å². The first-order chi connectivity index (χ1) is 12.0. The molecule has 6 nitrogen and oxygen atoms in total. The van der Waals surface area contributed by atoms with Crippen molar-refractivity contribution in [2.24, 2.45) is 12.0 Å². The zero-order chi connectivity index (χ0) is 18.2. The molecule has 0 bridgehead atoms. The van der Waals surface area contributed by atoms with Gasteiger partial charge in [0.05, 0.1) is 13.1 Å². The molecule has 26 heavy (non-hydrogen) atoms. The fourth-order valence-corrected chi connectivity index (χ4v) is 3.39. The maximum Gasteiger partial charge on any atom is 0.194 e. The number of benzene rings is 1. The molecule has 0 spiro atoms. The minimum Gasteiger partial charge on any atom is -0.357 e. The number of guanidine groups is 1. The second-order valence-corrected chi connectivity index (χ2v) is 8.16. The van der Waals surface area contributed by atoms with E-state index in [4.69, 9.17) is 4.99 Å². The molecule has 0 saturated carbocycles. The molecule has 1 heterocycles. The van der Waals surface area contributed by atoms with E-state index < -0.39 is 0 Å². The van der Waals surface area contributed by atoms with Gasteiger partial charge in [-0.1, -0.05) is 22.9 Å². The van der Waals surface area contributed by atoms with Crippen molar-refractivity contribution in [3.63, 3.8) is 0 Å². The summed E-state index contributed by atoms with van der Waals surface area (Å²) in [5.41, 5.74) is 0. The van der Waals surface area contributed by atoms with E-state index in [0.717, 1.165) is 29.3 Å². The van der Waals surface area contributed by atoms with Crippen molar-refractivity contribution in [1.82, 2.24) is 25.0 Å². The van der Waals surface area contributed by atoms with Crippen LogP contribution in [0.15, 0.2) is 45.0 Å². The van der Waals surface area contributed by atoms with Crippen LogP contribution in [0.1, 0.15) is 19.7 Å². The first kappa shape index (κ1) is 23.2. The summed E-state index contributed by atoms with van der Waals surface area (Å²) < 4.78 is 2.88. The number of aliphatic imine (C=N–C) groups is 1. The molecule has 1 aromatic carbocycles. The van der Waals surface area contributed by atoms with Crippen molar-refractivity contribution in [3.8, 4) is 0 Å². The summed E-state index contributed by atoms with van der Waals surface area (Å²) in [6.07, 6.45) is 1.57. The number of hydrogen-bond acceptors (Lipinski definition) is 4. The number of nitrogens with zero attached hydrogens (tertiary/aromatic N) is 5. The molecule has 0 amide bonds. The molecular formula is C17H26BrIN6S. The van der Waals surface area contributed by atoms with Gasteiger partial charge in [-0.25, -0.2) is 4.98 Å². The highest BCUT2D eigenvalue weighted by Gasteiger charge is 2.11. The van der Waals surface area contributed by atoms with Crippen LogP contribution in [-0.2, 0) is 13.6 Å². The van der Waals surface area contributed by atoms with Gasteiger partial charge in [0.2, 0.25) is 0 Å². The van der Waals surface area contributed by atoms with Gasteiger partial charge in [0.15, 0.2) is 5.96 Å². The van der Waals surface area contributed by atoms with Crippen molar-refractivity contribution < 1.29 is 0 Å². The van der Waals surface area contributed by atoms with Gasteiger partial charge in [-0.2, -0.15) is 5.10 Å². The third kappa shape index (κ3) is 7.43. The predicted octanol–water partition coefficient (Wildman–Crippen LogP) is 3.77. The summed E-state index contributed by atoms with van der Waals surface area (Å²) in [7, 11) is 3.92. The van der Waals surface area contributed by atoms with E-state index in [9.17, 15) is 0 Å². The molecule has 9 heteroatoms. The predicted molar refractivity (Wildman–Crippen MR) is 123 cm³/mol. The third-order valence-electron chi connectivity index (χ3n) is 3.53. The molecule has 1 atom stereocenters. The van der Waals surface area contributed by atoms with Gasteiger partial charge in [-0.05, 0) is 31.2 Å². The van der Waals surface area contributed by atoms with Crippen LogP contribution in [0.5, 0.6) is 0 Å². The van der Waals surface area contributed by atoms with Crippen LogP contribution in [0, 0.1) is 0 Å². The highest BCUT2D eigenvalue weighted by atomic mass is 127. The minimum atomic E-state index is 0. The Bertz CT molecular complexity index is 691. The highest BCUT2D eigenvalue weighted by Crippen LogP contribution is 2.24. The van der Waals surface area contributed by atoms with Crippen LogP contribution in [0.3, 0.4) is 0 Å². The highest BCUT2D eigenvalue weighted by molar-refractivity contribution is 14.0. The van der Waals surface area contributed by atoms with Gasteiger partial charge in [-0.15, -0.1) is 35.7 Å². The van der Waals surface area contributed by atoms with Gasteiger partial charge in [-0.3, -0.25) is 9.67 Å². The average Bonchev–Trinajstić information content (AvgIpc) is 2.98. The molecule has 0 radical (unpaired) electrons. The van der Waals surface area contributed by atoms with Crippen molar-refractivity contribution in [3.05, 3.63) is 40.9 Å². The second-order valence-electron chi connectivity index (χ2n) is 5.73. The lowest BCUT2D eigenvalue weighted by atomic mass is 10.4. The Morgan fingerprint density at radius 2 is 2.08 bits per heavy atom. The van der Waals surface area contributed by atoms with Gasteiger partial charge in [0.1, 0.15) is 12.2 Å². The molecule has 0 aliphatic carbocycles. The lowest BCUT2D eigenvalue weighted by molar-refractivity contribution is 0.448. The molecule has 0 saturated heterocycles. The normalized spacial score (nSPS) is 12.4. The van der Waals surface area contributed by atoms with Gasteiger partial charge < -0.3 is 10.2 Å². The summed E-state index contributed by atoms with van der Waals surface area (Å²) in [5.74, 6) is 1.79. The van der Waals surface area contributed by atoms with Crippen LogP contribution in [0.2, 0.25) is 0 Å². The quantitative estimate of drug-likeness (QED) is 0.245. The molecule has 1 aromatic heterocycles. The summed E-state index contributed by atoms with van der Waals surface area (Å²) >= 11 is 5.30. The number of nitrogens with one attached hydrogen (secondary N) is 1. The smallest absolute Gasteiger partial charge is 0.194 e. The van der Waals surface area contributed by atoms with Gasteiger partial charge in [0.25, 0.3) is 0 Å². The molecule has 1 unspecified atom stereocenters. The SMILES string of the molecule is CCNC(=NCC(C)Sc1ccc(Br)cc1)N(C)Cc1ncnn1C.I. The molecule has 1 N–H and O–H groups in total. The summed E-state index contributed by atoms with van der Waals surface area (Å²) in [5, 5.41) is 7.85. The molecule has 144 valence electrons.